The lowest BCUT2D eigenvalue weighted by Gasteiger charge is -2.11. The number of urea groups is 1. The van der Waals surface area contributed by atoms with E-state index in [9.17, 15) is 4.79 Å². The zero-order valence-corrected chi connectivity index (χ0v) is 15.6. The fourth-order valence-corrected chi connectivity index (χ4v) is 2.55. The van der Waals surface area contributed by atoms with Gasteiger partial charge < -0.3 is 15.2 Å². The Morgan fingerprint density at radius 3 is 2.50 bits per heavy atom. The predicted octanol–water partition coefficient (Wildman–Crippen LogP) is 3.37. The van der Waals surface area contributed by atoms with Crippen LogP contribution >= 0.6 is 0 Å². The monoisotopic (exact) mass is 379 g/mol. The Hall–Kier alpha value is -3.81. The molecular weight excluding hydrogens is 358 g/mol. The normalized spacial score (nSPS) is 10.8. The van der Waals surface area contributed by atoms with Crippen molar-refractivity contribution in [1.29, 1.82) is 0 Å². The number of para-hydroxylation sites is 1. The number of amides is 2. The van der Waals surface area contributed by atoms with Gasteiger partial charge in [0.25, 0.3) is 0 Å². The van der Waals surface area contributed by atoms with E-state index in [0.717, 1.165) is 11.4 Å². The first-order valence-electron chi connectivity index (χ1n) is 8.72. The van der Waals surface area contributed by atoms with Gasteiger partial charge in [-0.3, -0.25) is 0 Å². The van der Waals surface area contributed by atoms with E-state index in [1.807, 2.05) is 68.4 Å². The minimum Gasteiger partial charge on any atom is -0.494 e. The molecule has 0 fully saturated rings. The molecule has 8 nitrogen and oxygen atoms in total. The van der Waals surface area contributed by atoms with Crippen LogP contribution in [0.1, 0.15) is 18.2 Å². The highest BCUT2D eigenvalue weighted by atomic mass is 16.5. The molecular formula is C20H21N5O3. The van der Waals surface area contributed by atoms with E-state index in [2.05, 4.69) is 15.6 Å². The molecule has 0 atom stereocenters. The largest absolute Gasteiger partial charge is 0.494 e. The number of nitrogens with zero attached hydrogens (tertiary/aromatic N) is 3. The van der Waals surface area contributed by atoms with Gasteiger partial charge >= 0.3 is 6.03 Å². The van der Waals surface area contributed by atoms with Crippen LogP contribution in [0.15, 0.2) is 59.7 Å². The molecule has 0 bridgehead atoms. The number of hydrogen-bond acceptors (Lipinski definition) is 5. The Kier molecular flexibility index (Phi) is 5.91. The van der Waals surface area contributed by atoms with Crippen LogP contribution in [-0.4, -0.2) is 28.6 Å². The molecule has 8 heteroatoms. The van der Waals surface area contributed by atoms with Crippen LogP contribution in [-0.2, 0) is 0 Å². The van der Waals surface area contributed by atoms with Crippen LogP contribution in [0.5, 0.6) is 17.4 Å². The summed E-state index contributed by atoms with van der Waals surface area (Å²) in [7, 11) is 0. The van der Waals surface area contributed by atoms with Crippen molar-refractivity contribution < 1.29 is 14.3 Å². The summed E-state index contributed by atoms with van der Waals surface area (Å²) in [6.45, 7) is 4.35. The molecule has 3 rings (SSSR count). The summed E-state index contributed by atoms with van der Waals surface area (Å²) in [4.78, 5) is 10.9. The second-order valence-electron chi connectivity index (χ2n) is 5.79. The van der Waals surface area contributed by atoms with Crippen molar-refractivity contribution in [2.24, 2.45) is 10.8 Å². The van der Waals surface area contributed by atoms with Gasteiger partial charge in [-0.05, 0) is 50.2 Å². The van der Waals surface area contributed by atoms with E-state index in [1.54, 1.807) is 4.68 Å². The van der Waals surface area contributed by atoms with Crippen molar-refractivity contribution in [2.75, 3.05) is 6.61 Å². The Morgan fingerprint density at radius 1 is 1.18 bits per heavy atom. The van der Waals surface area contributed by atoms with E-state index in [4.69, 9.17) is 15.2 Å². The van der Waals surface area contributed by atoms with Gasteiger partial charge in [0.05, 0.1) is 29.8 Å². The van der Waals surface area contributed by atoms with Crippen molar-refractivity contribution in [3.05, 3.63) is 65.9 Å². The maximum atomic E-state index is 10.9. The van der Waals surface area contributed by atoms with E-state index in [-0.39, 0.29) is 0 Å². The first kappa shape index (κ1) is 19.0. The molecule has 0 aliphatic heterocycles. The fraction of sp³-hybridized carbons (Fsp3) is 0.150. The maximum absolute atomic E-state index is 10.9. The quantitative estimate of drug-likeness (QED) is 0.485. The van der Waals surface area contributed by atoms with Gasteiger partial charge in [-0.25, -0.2) is 10.2 Å². The second kappa shape index (κ2) is 8.72. The van der Waals surface area contributed by atoms with Crippen molar-refractivity contribution in [3.63, 3.8) is 0 Å². The molecule has 0 saturated carbocycles. The molecule has 3 aromatic rings. The van der Waals surface area contributed by atoms with Gasteiger partial charge in [-0.1, -0.05) is 18.2 Å². The summed E-state index contributed by atoms with van der Waals surface area (Å²) >= 11 is 0. The molecule has 0 aliphatic carbocycles. The summed E-state index contributed by atoms with van der Waals surface area (Å²) in [5.41, 5.74) is 9.37. The topological polar surface area (TPSA) is 104 Å². The van der Waals surface area contributed by atoms with Crippen LogP contribution < -0.4 is 20.6 Å². The smallest absolute Gasteiger partial charge is 0.332 e. The predicted molar refractivity (Wildman–Crippen MR) is 106 cm³/mol. The number of primary amides is 1. The van der Waals surface area contributed by atoms with Gasteiger partial charge in [0.15, 0.2) is 0 Å². The molecule has 2 aromatic carbocycles. The lowest BCUT2D eigenvalue weighted by atomic mass is 10.2. The van der Waals surface area contributed by atoms with Crippen molar-refractivity contribution in [2.45, 2.75) is 13.8 Å². The third kappa shape index (κ3) is 4.47. The molecule has 3 N–H and O–H groups in total. The molecule has 1 aromatic heterocycles. The van der Waals surface area contributed by atoms with Crippen LogP contribution in [0.2, 0.25) is 0 Å². The first-order valence-corrected chi connectivity index (χ1v) is 8.72. The summed E-state index contributed by atoms with van der Waals surface area (Å²) < 4.78 is 13.3. The summed E-state index contributed by atoms with van der Waals surface area (Å²) in [6.07, 6.45) is 1.45. The zero-order valence-electron chi connectivity index (χ0n) is 15.6. The molecule has 0 unspecified atom stereocenters. The molecule has 0 saturated heterocycles. The van der Waals surface area contributed by atoms with Crippen molar-refractivity contribution in [3.8, 4) is 23.1 Å². The summed E-state index contributed by atoms with van der Waals surface area (Å²) in [5, 5.41) is 8.40. The average Bonchev–Trinajstić information content (AvgIpc) is 3.00. The molecule has 2 amide bonds. The number of carbonyl (C=O) groups is 1. The van der Waals surface area contributed by atoms with Crippen LogP contribution in [0.3, 0.4) is 0 Å². The number of aryl methyl sites for hydroxylation is 1. The molecule has 0 aliphatic rings. The highest BCUT2D eigenvalue weighted by Gasteiger charge is 2.18. The maximum Gasteiger partial charge on any atom is 0.332 e. The number of benzene rings is 2. The number of hydrazone groups is 1. The molecule has 0 radical (unpaired) electrons. The Labute approximate surface area is 162 Å². The van der Waals surface area contributed by atoms with E-state index in [1.165, 1.54) is 6.21 Å². The molecule has 144 valence electrons. The summed E-state index contributed by atoms with van der Waals surface area (Å²) in [6, 6.07) is 16.1. The van der Waals surface area contributed by atoms with Crippen LogP contribution in [0.4, 0.5) is 4.79 Å². The number of ether oxygens (including phenoxy) is 2. The number of carbonyl (C=O) groups excluding carboxylic acids is 1. The number of hydrogen-bond donors (Lipinski definition) is 2. The minimum absolute atomic E-state index is 0.461. The lowest BCUT2D eigenvalue weighted by Crippen LogP contribution is -2.24. The molecule has 1 heterocycles. The van der Waals surface area contributed by atoms with Crippen LogP contribution in [0.25, 0.3) is 5.69 Å². The van der Waals surface area contributed by atoms with Crippen molar-refractivity contribution in [1.82, 2.24) is 15.2 Å². The van der Waals surface area contributed by atoms with E-state index < -0.39 is 6.03 Å². The fourth-order valence-electron chi connectivity index (χ4n) is 2.55. The summed E-state index contributed by atoms with van der Waals surface area (Å²) in [5.74, 6) is 1.83. The van der Waals surface area contributed by atoms with E-state index >= 15 is 0 Å². The molecule has 28 heavy (non-hydrogen) atoms. The van der Waals surface area contributed by atoms with Gasteiger partial charge in [0, 0.05) is 0 Å². The van der Waals surface area contributed by atoms with Gasteiger partial charge in [0.1, 0.15) is 11.5 Å². The SMILES string of the molecule is CCOc1ccc(Oc2c(/C=N/NC(N)=O)c(C)nn2-c2ccccc2)cc1. The standard InChI is InChI=1S/C20H21N5O3/c1-3-27-16-9-11-17(12-10-16)28-19-18(13-22-23-20(21)26)14(2)24-25(19)15-7-5-4-6-8-15/h4-13H,3H2,1-2H3,(H3,21,23,26)/b22-13+. The number of rotatable bonds is 7. The number of nitrogens with two attached hydrogens (primary N) is 1. The molecule has 0 spiro atoms. The number of nitrogens with one attached hydrogen (secondary N) is 1. The Morgan fingerprint density at radius 2 is 1.86 bits per heavy atom. The number of aromatic nitrogens is 2. The lowest BCUT2D eigenvalue weighted by molar-refractivity contribution is 0.249. The zero-order chi connectivity index (χ0) is 19.9. The average molecular weight is 379 g/mol. The van der Waals surface area contributed by atoms with Crippen molar-refractivity contribution >= 4 is 12.2 Å². The van der Waals surface area contributed by atoms with Crippen LogP contribution in [0, 0.1) is 6.92 Å². The van der Waals surface area contributed by atoms with Gasteiger partial charge in [-0.15, -0.1) is 0 Å². The third-order valence-corrected chi connectivity index (χ3v) is 3.78. The van der Waals surface area contributed by atoms with E-state index in [0.29, 0.717) is 29.5 Å². The second-order valence-corrected chi connectivity index (χ2v) is 5.79. The van der Waals surface area contributed by atoms with Gasteiger partial charge in [0.2, 0.25) is 5.88 Å². The van der Waals surface area contributed by atoms with Gasteiger partial charge in [-0.2, -0.15) is 14.9 Å². The first-order chi connectivity index (χ1) is 13.6. The Balaban J connectivity index is 2.00. The minimum atomic E-state index is -0.752. The third-order valence-electron chi connectivity index (χ3n) is 3.78. The highest BCUT2D eigenvalue weighted by molar-refractivity contribution is 5.86. The Bertz CT molecular complexity index is 966. The highest BCUT2D eigenvalue weighted by Crippen LogP contribution is 2.30.